The van der Waals surface area contributed by atoms with Gasteiger partial charge in [0.15, 0.2) is 0 Å². The third-order valence-electron chi connectivity index (χ3n) is 2.60. The molecule has 0 aromatic heterocycles. The Balaban J connectivity index is 2.70. The Morgan fingerprint density at radius 3 is 2.22 bits per heavy atom. The minimum atomic E-state index is -0.514. The molecule has 0 atom stereocenters. The highest BCUT2D eigenvalue weighted by atomic mass is 35.5. The van der Waals surface area contributed by atoms with E-state index in [2.05, 4.69) is 0 Å². The Hall–Kier alpha value is -0.610. The standard InChI is InChI=1S/C16H18Cl4O3/c1-16(2,3)23-15(21)5-4-11-12(17)8-10(9-13(11)18)22-7-6-14(19)20/h6,8-9H,4-5,7H2,1-3H3. The van der Waals surface area contributed by atoms with E-state index in [9.17, 15) is 4.79 Å². The average Bonchev–Trinajstić information content (AvgIpc) is 2.35. The number of ether oxygens (including phenoxy) is 2. The van der Waals surface area contributed by atoms with Gasteiger partial charge in [-0.2, -0.15) is 0 Å². The lowest BCUT2D eigenvalue weighted by Gasteiger charge is -2.19. The number of rotatable bonds is 6. The average molecular weight is 400 g/mol. The van der Waals surface area contributed by atoms with Crippen molar-refractivity contribution in [2.45, 2.75) is 39.2 Å². The highest BCUT2D eigenvalue weighted by molar-refractivity contribution is 6.55. The van der Waals surface area contributed by atoms with Gasteiger partial charge in [-0.05, 0) is 51.0 Å². The van der Waals surface area contributed by atoms with Crippen molar-refractivity contribution in [3.8, 4) is 5.75 Å². The molecule has 0 aliphatic carbocycles. The van der Waals surface area contributed by atoms with E-state index in [1.54, 1.807) is 12.1 Å². The van der Waals surface area contributed by atoms with Gasteiger partial charge in [-0.3, -0.25) is 4.79 Å². The van der Waals surface area contributed by atoms with Crippen LogP contribution in [0.2, 0.25) is 10.0 Å². The van der Waals surface area contributed by atoms with E-state index in [1.807, 2.05) is 20.8 Å². The fourth-order valence-corrected chi connectivity index (χ4v) is 2.50. The number of esters is 1. The van der Waals surface area contributed by atoms with Crippen LogP contribution in [-0.4, -0.2) is 18.2 Å². The number of halogens is 4. The molecule has 0 heterocycles. The van der Waals surface area contributed by atoms with Crippen molar-refractivity contribution in [1.29, 1.82) is 0 Å². The molecule has 0 fully saturated rings. The van der Waals surface area contributed by atoms with E-state index in [0.717, 1.165) is 0 Å². The summed E-state index contributed by atoms with van der Waals surface area (Å²) in [5.74, 6) is 0.193. The second kappa shape index (κ2) is 9.03. The minimum absolute atomic E-state index is 0.121. The molecule has 0 spiro atoms. The Labute approximate surface area is 156 Å². The molecule has 1 aromatic rings. The zero-order valence-electron chi connectivity index (χ0n) is 13.1. The van der Waals surface area contributed by atoms with Crippen molar-refractivity contribution in [2.24, 2.45) is 0 Å². The van der Waals surface area contributed by atoms with Crippen molar-refractivity contribution >= 4 is 52.4 Å². The molecule has 0 aliphatic heterocycles. The van der Waals surface area contributed by atoms with Gasteiger partial charge in [-0.15, -0.1) is 0 Å². The van der Waals surface area contributed by atoms with E-state index in [4.69, 9.17) is 55.9 Å². The van der Waals surface area contributed by atoms with Gasteiger partial charge in [0, 0.05) is 16.5 Å². The summed E-state index contributed by atoms with van der Waals surface area (Å²) in [5.41, 5.74) is 0.164. The van der Waals surface area contributed by atoms with Crippen LogP contribution in [0.5, 0.6) is 5.75 Å². The Bertz CT molecular complexity index is 564. The van der Waals surface area contributed by atoms with Crippen LogP contribution in [0.15, 0.2) is 22.7 Å². The van der Waals surface area contributed by atoms with Gasteiger partial charge in [0.25, 0.3) is 0 Å². The summed E-state index contributed by atoms with van der Waals surface area (Å²) in [4.78, 5) is 11.8. The first-order valence-corrected chi connectivity index (χ1v) is 8.43. The second-order valence-electron chi connectivity index (χ2n) is 5.76. The van der Waals surface area contributed by atoms with Gasteiger partial charge >= 0.3 is 5.97 Å². The van der Waals surface area contributed by atoms with E-state index in [1.165, 1.54) is 6.08 Å². The fraction of sp³-hybridized carbons (Fsp3) is 0.438. The number of carbonyl (C=O) groups is 1. The van der Waals surface area contributed by atoms with E-state index in [-0.39, 0.29) is 23.5 Å². The van der Waals surface area contributed by atoms with E-state index < -0.39 is 5.60 Å². The van der Waals surface area contributed by atoms with Crippen LogP contribution in [0.3, 0.4) is 0 Å². The van der Waals surface area contributed by atoms with Crippen LogP contribution in [0.4, 0.5) is 0 Å². The van der Waals surface area contributed by atoms with Crippen molar-refractivity contribution < 1.29 is 14.3 Å². The van der Waals surface area contributed by atoms with Crippen LogP contribution in [-0.2, 0) is 16.0 Å². The van der Waals surface area contributed by atoms with Gasteiger partial charge in [0.2, 0.25) is 0 Å². The fourth-order valence-electron chi connectivity index (χ4n) is 1.72. The molecule has 1 aromatic carbocycles. The number of benzene rings is 1. The van der Waals surface area contributed by atoms with Crippen molar-refractivity contribution in [3.63, 3.8) is 0 Å². The number of hydrogen-bond donors (Lipinski definition) is 0. The molecule has 0 saturated heterocycles. The minimum Gasteiger partial charge on any atom is -0.489 e. The zero-order valence-corrected chi connectivity index (χ0v) is 16.1. The first-order valence-electron chi connectivity index (χ1n) is 6.92. The lowest BCUT2D eigenvalue weighted by atomic mass is 10.1. The number of hydrogen-bond acceptors (Lipinski definition) is 3. The maximum atomic E-state index is 11.8. The molecule has 3 nitrogen and oxygen atoms in total. The van der Waals surface area contributed by atoms with Crippen LogP contribution in [0, 0.1) is 0 Å². The predicted octanol–water partition coefficient (Wildman–Crippen LogP) is 5.97. The Kier molecular flexibility index (Phi) is 8.02. The third kappa shape index (κ3) is 8.16. The largest absolute Gasteiger partial charge is 0.489 e. The monoisotopic (exact) mass is 398 g/mol. The lowest BCUT2D eigenvalue weighted by molar-refractivity contribution is -0.154. The van der Waals surface area contributed by atoms with Gasteiger partial charge < -0.3 is 9.47 Å². The normalized spacial score (nSPS) is 11.1. The van der Waals surface area contributed by atoms with Crippen LogP contribution in [0.25, 0.3) is 0 Å². The van der Waals surface area contributed by atoms with Gasteiger partial charge in [-0.1, -0.05) is 46.4 Å². The zero-order chi connectivity index (χ0) is 17.6. The van der Waals surface area contributed by atoms with Gasteiger partial charge in [0.1, 0.15) is 22.4 Å². The summed E-state index contributed by atoms with van der Waals surface area (Å²) in [6.45, 7) is 5.65. The molecule has 128 valence electrons. The van der Waals surface area contributed by atoms with Crippen LogP contribution in [0.1, 0.15) is 32.8 Å². The molecule has 23 heavy (non-hydrogen) atoms. The van der Waals surface area contributed by atoms with E-state index in [0.29, 0.717) is 27.8 Å². The third-order valence-corrected chi connectivity index (χ3v) is 3.58. The van der Waals surface area contributed by atoms with Gasteiger partial charge in [0.05, 0.1) is 0 Å². The molecular formula is C16H18Cl4O3. The van der Waals surface area contributed by atoms with Crippen LogP contribution < -0.4 is 4.74 Å². The summed E-state index contributed by atoms with van der Waals surface area (Å²) in [6, 6.07) is 3.27. The summed E-state index contributed by atoms with van der Waals surface area (Å²) in [6.07, 6.45) is 2.09. The highest BCUT2D eigenvalue weighted by Crippen LogP contribution is 2.31. The Morgan fingerprint density at radius 1 is 1.17 bits per heavy atom. The molecule has 0 amide bonds. The molecule has 0 N–H and O–H groups in total. The maximum absolute atomic E-state index is 11.8. The predicted molar refractivity (Wildman–Crippen MR) is 95.9 cm³/mol. The first-order chi connectivity index (χ1) is 10.6. The summed E-state index contributed by atoms with van der Waals surface area (Å²) in [5, 5.41) is 0.856. The van der Waals surface area contributed by atoms with E-state index >= 15 is 0 Å². The maximum Gasteiger partial charge on any atom is 0.306 e. The summed E-state index contributed by atoms with van der Waals surface area (Å²) >= 11 is 23.4. The van der Waals surface area contributed by atoms with Crippen LogP contribution >= 0.6 is 46.4 Å². The van der Waals surface area contributed by atoms with Crippen molar-refractivity contribution in [2.75, 3.05) is 6.61 Å². The molecule has 7 heteroatoms. The van der Waals surface area contributed by atoms with Crippen molar-refractivity contribution in [1.82, 2.24) is 0 Å². The molecule has 0 bridgehead atoms. The lowest BCUT2D eigenvalue weighted by Crippen LogP contribution is -2.24. The quantitative estimate of drug-likeness (QED) is 0.553. The molecule has 0 radical (unpaired) electrons. The molecule has 0 unspecified atom stereocenters. The molecule has 0 aliphatic rings. The second-order valence-corrected chi connectivity index (χ2v) is 7.58. The SMILES string of the molecule is CC(C)(C)OC(=O)CCc1c(Cl)cc(OCC=C(Cl)Cl)cc1Cl. The van der Waals surface area contributed by atoms with Crippen molar-refractivity contribution in [3.05, 3.63) is 38.3 Å². The topological polar surface area (TPSA) is 35.5 Å². The highest BCUT2D eigenvalue weighted by Gasteiger charge is 2.17. The first kappa shape index (κ1) is 20.4. The molecule has 1 rings (SSSR count). The summed E-state index contributed by atoms with van der Waals surface area (Å²) < 4.78 is 10.8. The number of carbonyl (C=O) groups excluding carboxylic acids is 1. The molecular weight excluding hydrogens is 382 g/mol. The summed E-state index contributed by atoms with van der Waals surface area (Å²) in [7, 11) is 0. The smallest absolute Gasteiger partial charge is 0.306 e. The molecule has 0 saturated carbocycles. The Morgan fingerprint density at radius 2 is 1.74 bits per heavy atom. The van der Waals surface area contributed by atoms with Gasteiger partial charge in [-0.25, -0.2) is 0 Å².